The summed E-state index contributed by atoms with van der Waals surface area (Å²) in [6.45, 7) is 12.9. The zero-order valence-corrected chi connectivity index (χ0v) is 12.7. The second-order valence-corrected chi connectivity index (χ2v) is 6.09. The molecule has 0 saturated carbocycles. The van der Waals surface area contributed by atoms with E-state index in [-0.39, 0.29) is 5.54 Å². The molecule has 0 radical (unpaired) electrons. The fraction of sp³-hybridized carbons (Fsp3) is 0.733. The third-order valence-corrected chi connectivity index (χ3v) is 4.16. The number of hydrogen-bond donors (Lipinski definition) is 1. The molecule has 0 aliphatic carbocycles. The average Bonchev–Trinajstić information content (AvgIpc) is 2.78. The number of likely N-dealkylation sites (N-methyl/N-ethyl adjacent to an activating group) is 1. The van der Waals surface area contributed by atoms with Gasteiger partial charge in [-0.05, 0) is 33.5 Å². The number of rotatable bonds is 5. The summed E-state index contributed by atoms with van der Waals surface area (Å²) in [5, 5.41) is 3.33. The topological polar surface area (TPSA) is 31.7 Å². The van der Waals surface area contributed by atoms with Crippen molar-refractivity contribution in [1.29, 1.82) is 0 Å². The van der Waals surface area contributed by atoms with E-state index in [1.165, 1.54) is 5.56 Å². The molecule has 4 heteroatoms. The summed E-state index contributed by atoms with van der Waals surface area (Å²) in [6, 6.07) is 2.11. The van der Waals surface area contributed by atoms with Crippen LogP contribution in [0, 0.1) is 0 Å². The van der Waals surface area contributed by atoms with Crippen LogP contribution >= 0.6 is 0 Å². The van der Waals surface area contributed by atoms with Crippen LogP contribution in [0.25, 0.3) is 0 Å². The van der Waals surface area contributed by atoms with Gasteiger partial charge in [0.25, 0.3) is 0 Å². The zero-order chi connectivity index (χ0) is 13.9. The molecule has 4 nitrogen and oxygen atoms in total. The van der Waals surface area contributed by atoms with Crippen molar-refractivity contribution in [2.75, 3.05) is 33.2 Å². The smallest absolute Gasteiger partial charge is 0.122 e. The van der Waals surface area contributed by atoms with Crippen molar-refractivity contribution in [3.8, 4) is 0 Å². The van der Waals surface area contributed by atoms with E-state index < -0.39 is 0 Å². The first-order valence-electron chi connectivity index (χ1n) is 7.22. The van der Waals surface area contributed by atoms with Gasteiger partial charge in [0.2, 0.25) is 0 Å². The molecule has 0 bridgehead atoms. The van der Waals surface area contributed by atoms with Gasteiger partial charge in [0.05, 0.1) is 12.8 Å². The van der Waals surface area contributed by atoms with Crippen molar-refractivity contribution in [3.05, 3.63) is 23.7 Å². The standard InChI is InChI=1S/C15H27N3O/c1-5-16-10-14-13(6-9-19-14)11-18-8-7-17(4)15(2,3)12-18/h6,9,16H,5,7-8,10-12H2,1-4H3. The van der Waals surface area contributed by atoms with Crippen LogP contribution in [0.3, 0.4) is 0 Å². The first-order valence-corrected chi connectivity index (χ1v) is 7.22. The van der Waals surface area contributed by atoms with Crippen molar-refractivity contribution < 1.29 is 4.42 Å². The molecule has 1 aromatic rings. The van der Waals surface area contributed by atoms with Crippen molar-refractivity contribution in [2.45, 2.75) is 39.4 Å². The molecular formula is C15H27N3O. The minimum atomic E-state index is 0.254. The minimum Gasteiger partial charge on any atom is -0.468 e. The second kappa shape index (κ2) is 6.07. The Kier molecular flexibility index (Phi) is 4.66. The Balaban J connectivity index is 1.96. The third kappa shape index (κ3) is 3.59. The Hall–Kier alpha value is -0.840. The van der Waals surface area contributed by atoms with Gasteiger partial charge >= 0.3 is 0 Å². The maximum atomic E-state index is 5.58. The number of hydrogen-bond acceptors (Lipinski definition) is 4. The van der Waals surface area contributed by atoms with E-state index in [4.69, 9.17) is 4.42 Å². The molecule has 2 heterocycles. The Morgan fingerprint density at radius 2 is 2.16 bits per heavy atom. The van der Waals surface area contributed by atoms with Gasteiger partial charge in [-0.15, -0.1) is 0 Å². The quantitative estimate of drug-likeness (QED) is 0.881. The van der Waals surface area contributed by atoms with Crippen LogP contribution < -0.4 is 5.32 Å². The minimum absolute atomic E-state index is 0.254. The lowest BCUT2D eigenvalue weighted by atomic mass is 9.99. The molecule has 108 valence electrons. The summed E-state index contributed by atoms with van der Waals surface area (Å²) >= 11 is 0. The van der Waals surface area contributed by atoms with Gasteiger partial charge < -0.3 is 9.73 Å². The van der Waals surface area contributed by atoms with Crippen molar-refractivity contribution in [3.63, 3.8) is 0 Å². The largest absolute Gasteiger partial charge is 0.468 e. The summed E-state index contributed by atoms with van der Waals surface area (Å²) in [5.74, 6) is 1.08. The summed E-state index contributed by atoms with van der Waals surface area (Å²) in [7, 11) is 2.21. The Bertz CT molecular complexity index is 400. The summed E-state index contributed by atoms with van der Waals surface area (Å²) in [4.78, 5) is 4.97. The van der Waals surface area contributed by atoms with E-state index in [0.29, 0.717) is 0 Å². The molecule has 19 heavy (non-hydrogen) atoms. The number of nitrogens with one attached hydrogen (secondary N) is 1. The monoisotopic (exact) mass is 265 g/mol. The molecule has 0 unspecified atom stereocenters. The summed E-state index contributed by atoms with van der Waals surface area (Å²) < 4.78 is 5.58. The van der Waals surface area contributed by atoms with Gasteiger partial charge in [-0.1, -0.05) is 6.92 Å². The highest BCUT2D eigenvalue weighted by atomic mass is 16.3. The summed E-state index contributed by atoms with van der Waals surface area (Å²) in [5.41, 5.74) is 1.57. The number of furan rings is 1. The van der Waals surface area contributed by atoms with E-state index in [9.17, 15) is 0 Å². The molecule has 0 aromatic carbocycles. The fourth-order valence-corrected chi connectivity index (χ4v) is 2.62. The van der Waals surface area contributed by atoms with Gasteiger partial charge in [0, 0.05) is 37.3 Å². The van der Waals surface area contributed by atoms with Crippen LogP contribution in [-0.4, -0.2) is 48.6 Å². The molecule has 1 saturated heterocycles. The average molecular weight is 265 g/mol. The van der Waals surface area contributed by atoms with Crippen molar-refractivity contribution >= 4 is 0 Å². The number of piperazine rings is 1. The molecular weight excluding hydrogens is 238 g/mol. The molecule has 2 rings (SSSR count). The lowest BCUT2D eigenvalue weighted by molar-refractivity contribution is 0.0357. The number of nitrogens with zero attached hydrogens (tertiary/aromatic N) is 2. The predicted octanol–water partition coefficient (Wildman–Crippen LogP) is 1.92. The first-order chi connectivity index (χ1) is 9.03. The second-order valence-electron chi connectivity index (χ2n) is 6.09. The lowest BCUT2D eigenvalue weighted by Crippen LogP contribution is -2.57. The van der Waals surface area contributed by atoms with E-state index >= 15 is 0 Å². The van der Waals surface area contributed by atoms with Gasteiger partial charge in [-0.3, -0.25) is 9.80 Å². The van der Waals surface area contributed by atoms with Crippen LogP contribution in [0.5, 0.6) is 0 Å². The molecule has 1 aromatic heterocycles. The molecule has 1 aliphatic heterocycles. The van der Waals surface area contributed by atoms with Crippen LogP contribution in [0.4, 0.5) is 0 Å². The van der Waals surface area contributed by atoms with Crippen LogP contribution in [0.15, 0.2) is 16.7 Å². The van der Waals surface area contributed by atoms with Crippen molar-refractivity contribution in [2.24, 2.45) is 0 Å². The van der Waals surface area contributed by atoms with Gasteiger partial charge in [-0.25, -0.2) is 0 Å². The van der Waals surface area contributed by atoms with E-state index in [1.54, 1.807) is 0 Å². The summed E-state index contributed by atoms with van der Waals surface area (Å²) in [6.07, 6.45) is 1.81. The van der Waals surface area contributed by atoms with Crippen LogP contribution in [0.1, 0.15) is 32.1 Å². The Morgan fingerprint density at radius 3 is 2.84 bits per heavy atom. The first kappa shape index (κ1) is 14.6. The maximum Gasteiger partial charge on any atom is 0.122 e. The fourth-order valence-electron chi connectivity index (χ4n) is 2.62. The highest BCUT2D eigenvalue weighted by Crippen LogP contribution is 2.21. The molecule has 1 N–H and O–H groups in total. The van der Waals surface area contributed by atoms with Gasteiger partial charge in [-0.2, -0.15) is 0 Å². The SMILES string of the molecule is CCNCc1occc1CN1CCN(C)C(C)(C)C1. The zero-order valence-electron chi connectivity index (χ0n) is 12.7. The van der Waals surface area contributed by atoms with Crippen LogP contribution in [0.2, 0.25) is 0 Å². The van der Waals surface area contributed by atoms with Crippen molar-refractivity contribution in [1.82, 2.24) is 15.1 Å². The lowest BCUT2D eigenvalue weighted by Gasteiger charge is -2.45. The van der Waals surface area contributed by atoms with E-state index in [2.05, 4.69) is 49.0 Å². The maximum absolute atomic E-state index is 5.58. The molecule has 1 fully saturated rings. The van der Waals surface area contributed by atoms with Gasteiger partial charge in [0.1, 0.15) is 5.76 Å². The van der Waals surface area contributed by atoms with E-state index in [1.807, 2.05) is 6.26 Å². The Labute approximate surface area is 116 Å². The third-order valence-electron chi connectivity index (χ3n) is 4.16. The highest BCUT2D eigenvalue weighted by Gasteiger charge is 2.31. The van der Waals surface area contributed by atoms with Gasteiger partial charge in [0.15, 0.2) is 0 Å². The normalized spacial score (nSPS) is 20.8. The Morgan fingerprint density at radius 1 is 1.37 bits per heavy atom. The predicted molar refractivity (Wildman–Crippen MR) is 78.1 cm³/mol. The highest BCUT2D eigenvalue weighted by molar-refractivity contribution is 5.17. The van der Waals surface area contributed by atoms with E-state index in [0.717, 1.165) is 45.0 Å². The molecule has 0 atom stereocenters. The molecule has 0 amide bonds. The molecule has 1 aliphatic rings. The van der Waals surface area contributed by atoms with Crippen LogP contribution in [-0.2, 0) is 13.1 Å². The molecule has 0 spiro atoms.